The van der Waals surface area contributed by atoms with Crippen LogP contribution in [-0.2, 0) is 6.42 Å². The van der Waals surface area contributed by atoms with Crippen LogP contribution in [-0.4, -0.2) is 13.1 Å². The highest BCUT2D eigenvalue weighted by Crippen LogP contribution is 2.28. The highest BCUT2D eigenvalue weighted by atomic mass is 79.9. The van der Waals surface area contributed by atoms with E-state index in [0.29, 0.717) is 5.92 Å². The molecule has 21 heavy (non-hydrogen) atoms. The zero-order valence-electron chi connectivity index (χ0n) is 12.4. The molecule has 0 aliphatic rings. The Hall–Kier alpha value is -0.710. The standard InChI is InChI=1S/C17H21BrFNS/c1-12(2)9-20-10-13(7-15-8-14(18)11-21-15)16-5-3-4-6-17(16)19/h3-6,8,11-13,20H,7,9-10H2,1-2H3. The van der Waals surface area contributed by atoms with E-state index in [1.54, 1.807) is 23.5 Å². The number of hydrogen-bond acceptors (Lipinski definition) is 2. The second-order valence-corrected chi connectivity index (χ2v) is 7.62. The lowest BCUT2D eigenvalue weighted by atomic mass is 9.94. The third kappa shape index (κ3) is 5.20. The summed E-state index contributed by atoms with van der Waals surface area (Å²) in [7, 11) is 0. The molecule has 0 saturated carbocycles. The number of benzene rings is 1. The topological polar surface area (TPSA) is 12.0 Å². The molecule has 114 valence electrons. The van der Waals surface area contributed by atoms with Gasteiger partial charge in [-0.15, -0.1) is 11.3 Å². The van der Waals surface area contributed by atoms with Crippen LogP contribution in [0.5, 0.6) is 0 Å². The van der Waals surface area contributed by atoms with Crippen LogP contribution >= 0.6 is 27.3 Å². The van der Waals surface area contributed by atoms with Gasteiger partial charge in [0.2, 0.25) is 0 Å². The van der Waals surface area contributed by atoms with Crippen molar-refractivity contribution in [3.05, 3.63) is 56.4 Å². The van der Waals surface area contributed by atoms with Gasteiger partial charge in [0.15, 0.2) is 0 Å². The first-order valence-corrected chi connectivity index (χ1v) is 8.91. The van der Waals surface area contributed by atoms with Crippen LogP contribution in [0.4, 0.5) is 4.39 Å². The summed E-state index contributed by atoms with van der Waals surface area (Å²) in [6.45, 7) is 6.12. The Morgan fingerprint density at radius 1 is 1.24 bits per heavy atom. The fraction of sp³-hybridized carbons (Fsp3) is 0.412. The van der Waals surface area contributed by atoms with Gasteiger partial charge in [-0.2, -0.15) is 0 Å². The molecule has 1 aromatic heterocycles. The van der Waals surface area contributed by atoms with Crippen LogP contribution in [0.1, 0.15) is 30.2 Å². The summed E-state index contributed by atoms with van der Waals surface area (Å²) in [5.74, 6) is 0.655. The van der Waals surface area contributed by atoms with Crippen molar-refractivity contribution in [1.29, 1.82) is 0 Å². The molecule has 1 aromatic carbocycles. The zero-order valence-corrected chi connectivity index (χ0v) is 14.8. The number of nitrogens with one attached hydrogen (secondary N) is 1. The van der Waals surface area contributed by atoms with E-state index >= 15 is 0 Å². The van der Waals surface area contributed by atoms with Crippen molar-refractivity contribution < 1.29 is 4.39 Å². The lowest BCUT2D eigenvalue weighted by Crippen LogP contribution is -2.26. The maximum atomic E-state index is 14.1. The second kappa shape index (κ2) is 8.06. The van der Waals surface area contributed by atoms with Crippen molar-refractivity contribution in [2.24, 2.45) is 5.92 Å². The average molecular weight is 370 g/mol. The highest BCUT2D eigenvalue weighted by molar-refractivity contribution is 9.10. The fourth-order valence-corrected chi connectivity index (χ4v) is 3.88. The molecule has 0 saturated heterocycles. The number of halogens is 2. The van der Waals surface area contributed by atoms with E-state index in [1.807, 2.05) is 12.1 Å². The Bertz CT molecular complexity index is 567. The van der Waals surface area contributed by atoms with Gasteiger partial charge in [0.25, 0.3) is 0 Å². The Kier molecular flexibility index (Phi) is 6.40. The van der Waals surface area contributed by atoms with Crippen molar-refractivity contribution in [2.75, 3.05) is 13.1 Å². The van der Waals surface area contributed by atoms with Crippen LogP contribution in [0, 0.1) is 11.7 Å². The van der Waals surface area contributed by atoms with Gasteiger partial charge in [0.05, 0.1) is 0 Å². The average Bonchev–Trinajstić information content (AvgIpc) is 2.83. The molecule has 2 aromatic rings. The summed E-state index contributed by atoms with van der Waals surface area (Å²) in [6.07, 6.45) is 0.863. The minimum atomic E-state index is -0.107. The van der Waals surface area contributed by atoms with Crippen molar-refractivity contribution in [3.63, 3.8) is 0 Å². The lowest BCUT2D eigenvalue weighted by Gasteiger charge is -2.19. The van der Waals surface area contributed by atoms with Crippen LogP contribution in [0.2, 0.25) is 0 Å². The van der Waals surface area contributed by atoms with Gasteiger partial charge in [0.1, 0.15) is 5.82 Å². The third-order valence-corrected chi connectivity index (χ3v) is 5.08. The molecule has 4 heteroatoms. The lowest BCUT2D eigenvalue weighted by molar-refractivity contribution is 0.500. The largest absolute Gasteiger partial charge is 0.316 e. The molecule has 0 aliphatic heterocycles. The SMILES string of the molecule is CC(C)CNCC(Cc1cc(Br)cs1)c1ccccc1F. The van der Waals surface area contributed by atoms with E-state index in [9.17, 15) is 4.39 Å². The van der Waals surface area contributed by atoms with Gasteiger partial charge in [-0.3, -0.25) is 0 Å². The maximum absolute atomic E-state index is 14.1. The van der Waals surface area contributed by atoms with Crippen molar-refractivity contribution in [1.82, 2.24) is 5.32 Å². The predicted octanol–water partition coefficient (Wildman–Crippen LogP) is 5.22. The summed E-state index contributed by atoms with van der Waals surface area (Å²) in [5, 5.41) is 5.54. The summed E-state index contributed by atoms with van der Waals surface area (Å²) < 4.78 is 15.2. The summed E-state index contributed by atoms with van der Waals surface area (Å²) in [6, 6.07) is 9.24. The van der Waals surface area contributed by atoms with E-state index in [1.165, 1.54) is 4.88 Å². The quantitative estimate of drug-likeness (QED) is 0.705. The van der Waals surface area contributed by atoms with Crippen molar-refractivity contribution in [3.8, 4) is 0 Å². The fourth-order valence-electron chi connectivity index (χ4n) is 2.35. The molecule has 0 bridgehead atoms. The smallest absolute Gasteiger partial charge is 0.126 e. The first-order valence-electron chi connectivity index (χ1n) is 7.24. The third-order valence-electron chi connectivity index (χ3n) is 3.36. The van der Waals surface area contributed by atoms with E-state index in [-0.39, 0.29) is 11.7 Å². The Labute approximate surface area is 138 Å². The van der Waals surface area contributed by atoms with Gasteiger partial charge >= 0.3 is 0 Å². The minimum Gasteiger partial charge on any atom is -0.316 e. The Morgan fingerprint density at radius 2 is 2.00 bits per heavy atom. The zero-order chi connectivity index (χ0) is 15.2. The van der Waals surface area contributed by atoms with Crippen LogP contribution in [0.25, 0.3) is 0 Å². The van der Waals surface area contributed by atoms with E-state index < -0.39 is 0 Å². The van der Waals surface area contributed by atoms with Crippen LogP contribution in [0.3, 0.4) is 0 Å². The molecule has 1 atom stereocenters. The molecule has 1 heterocycles. The van der Waals surface area contributed by atoms with Gasteiger partial charge in [-0.25, -0.2) is 4.39 Å². The Morgan fingerprint density at radius 3 is 2.62 bits per heavy atom. The predicted molar refractivity (Wildman–Crippen MR) is 92.6 cm³/mol. The molecule has 0 spiro atoms. The molecular weight excluding hydrogens is 349 g/mol. The molecule has 1 unspecified atom stereocenters. The molecule has 1 nitrogen and oxygen atoms in total. The summed E-state index contributed by atoms with van der Waals surface area (Å²) >= 11 is 5.21. The van der Waals surface area contributed by atoms with E-state index in [0.717, 1.165) is 29.5 Å². The highest BCUT2D eigenvalue weighted by Gasteiger charge is 2.17. The van der Waals surface area contributed by atoms with Crippen molar-refractivity contribution >= 4 is 27.3 Å². The molecule has 0 amide bonds. The number of hydrogen-bond donors (Lipinski definition) is 1. The molecule has 1 N–H and O–H groups in total. The second-order valence-electron chi connectivity index (χ2n) is 5.71. The number of thiophene rings is 1. The first-order chi connectivity index (χ1) is 10.1. The van der Waals surface area contributed by atoms with Gasteiger partial charge in [0, 0.05) is 27.2 Å². The molecule has 0 radical (unpaired) electrons. The van der Waals surface area contributed by atoms with Gasteiger partial charge < -0.3 is 5.32 Å². The van der Waals surface area contributed by atoms with Crippen LogP contribution in [0.15, 0.2) is 40.2 Å². The van der Waals surface area contributed by atoms with E-state index in [2.05, 4.69) is 46.5 Å². The molecule has 0 aliphatic carbocycles. The van der Waals surface area contributed by atoms with Gasteiger partial charge in [-0.05, 0) is 52.5 Å². The minimum absolute atomic E-state index is 0.107. The van der Waals surface area contributed by atoms with Gasteiger partial charge in [-0.1, -0.05) is 32.0 Å². The monoisotopic (exact) mass is 369 g/mol. The summed E-state index contributed by atoms with van der Waals surface area (Å²) in [5.41, 5.74) is 0.804. The summed E-state index contributed by atoms with van der Waals surface area (Å²) in [4.78, 5) is 1.28. The van der Waals surface area contributed by atoms with Crippen molar-refractivity contribution in [2.45, 2.75) is 26.2 Å². The Balaban J connectivity index is 2.12. The molecular formula is C17H21BrFNS. The van der Waals surface area contributed by atoms with Crippen LogP contribution < -0.4 is 5.32 Å². The molecule has 0 fully saturated rings. The first kappa shape index (κ1) is 16.7. The number of rotatable bonds is 7. The molecule has 2 rings (SSSR count). The maximum Gasteiger partial charge on any atom is 0.126 e. The van der Waals surface area contributed by atoms with E-state index in [4.69, 9.17) is 0 Å². The normalized spacial score (nSPS) is 12.8.